The first-order valence-electron chi connectivity index (χ1n) is 6.01. The number of thioether (sulfide) groups is 1. The Kier molecular flexibility index (Phi) is 5.88. The maximum Gasteiger partial charge on any atom is 0.250 e. The summed E-state index contributed by atoms with van der Waals surface area (Å²) in [5.41, 5.74) is 3.44. The smallest absolute Gasteiger partial charge is 0.250 e. The van der Waals surface area contributed by atoms with Crippen molar-refractivity contribution >= 4 is 35.0 Å². The van der Waals surface area contributed by atoms with E-state index in [4.69, 9.17) is 11.6 Å². The third kappa shape index (κ3) is 6.12. The highest BCUT2D eigenvalue weighted by Crippen LogP contribution is 2.20. The van der Waals surface area contributed by atoms with E-state index < -0.39 is 0 Å². The topological polar surface area (TPSA) is 41.5 Å². The molecule has 1 amide bonds. The van der Waals surface area contributed by atoms with Gasteiger partial charge in [0, 0.05) is 21.0 Å². The molecule has 0 spiro atoms. The fraction of sp³-hybridized carbons (Fsp3) is 0.429. The van der Waals surface area contributed by atoms with Crippen LogP contribution in [0, 0.1) is 5.41 Å². The summed E-state index contributed by atoms with van der Waals surface area (Å²) in [5.74, 6) is 0.228. The predicted molar refractivity (Wildman–Crippen MR) is 82.9 cm³/mol. The number of carbonyl (C=O) groups excluding carboxylic acids is 1. The van der Waals surface area contributed by atoms with Crippen LogP contribution < -0.4 is 5.43 Å². The number of hydrazone groups is 1. The van der Waals surface area contributed by atoms with E-state index in [2.05, 4.69) is 31.3 Å². The lowest BCUT2D eigenvalue weighted by Crippen LogP contribution is -2.25. The van der Waals surface area contributed by atoms with E-state index in [0.717, 1.165) is 10.6 Å². The Morgan fingerprint density at radius 3 is 2.42 bits per heavy atom. The van der Waals surface area contributed by atoms with Gasteiger partial charge in [-0.2, -0.15) is 5.10 Å². The van der Waals surface area contributed by atoms with Gasteiger partial charge >= 0.3 is 0 Å². The van der Waals surface area contributed by atoms with Crippen LogP contribution in [-0.4, -0.2) is 17.4 Å². The minimum absolute atomic E-state index is 0.0311. The molecule has 0 bridgehead atoms. The van der Waals surface area contributed by atoms with Crippen molar-refractivity contribution in [2.45, 2.75) is 32.6 Å². The highest BCUT2D eigenvalue weighted by Gasteiger charge is 2.14. The van der Waals surface area contributed by atoms with E-state index in [9.17, 15) is 4.79 Å². The molecule has 0 aliphatic carbocycles. The summed E-state index contributed by atoms with van der Waals surface area (Å²) in [4.78, 5) is 12.7. The van der Waals surface area contributed by atoms with Crippen molar-refractivity contribution in [1.29, 1.82) is 0 Å². The number of halogens is 1. The van der Waals surface area contributed by atoms with E-state index in [1.807, 2.05) is 31.2 Å². The molecule has 0 aliphatic rings. The Balaban J connectivity index is 2.42. The van der Waals surface area contributed by atoms with E-state index >= 15 is 0 Å². The summed E-state index contributed by atoms with van der Waals surface area (Å²) in [6.07, 6.45) is 0. The van der Waals surface area contributed by atoms with E-state index in [0.29, 0.717) is 10.8 Å². The normalized spacial score (nSPS) is 12.4. The van der Waals surface area contributed by atoms with Gasteiger partial charge in [0.1, 0.15) is 0 Å². The number of amides is 1. The van der Waals surface area contributed by atoms with E-state index in [1.165, 1.54) is 11.8 Å². The molecular weight excluding hydrogens is 280 g/mol. The molecule has 1 aromatic rings. The molecule has 1 aromatic carbocycles. The number of benzene rings is 1. The second kappa shape index (κ2) is 6.96. The monoisotopic (exact) mass is 298 g/mol. The number of nitrogens with zero attached hydrogens (tertiary/aromatic N) is 1. The van der Waals surface area contributed by atoms with Gasteiger partial charge in [-0.3, -0.25) is 4.79 Å². The Bertz CT molecular complexity index is 463. The van der Waals surface area contributed by atoms with Crippen LogP contribution in [0.25, 0.3) is 0 Å². The number of hydrogen-bond donors (Lipinski definition) is 1. The molecule has 0 unspecified atom stereocenters. The zero-order chi connectivity index (χ0) is 14.5. The van der Waals surface area contributed by atoms with Crippen LogP contribution in [0.4, 0.5) is 0 Å². The maximum absolute atomic E-state index is 11.6. The van der Waals surface area contributed by atoms with Crippen LogP contribution >= 0.6 is 23.4 Å². The third-order valence-electron chi connectivity index (χ3n) is 2.62. The molecule has 0 heterocycles. The predicted octanol–water partition coefficient (Wildman–Crippen LogP) is 3.97. The summed E-state index contributed by atoms with van der Waals surface area (Å²) in [5, 5.41) is 4.80. The van der Waals surface area contributed by atoms with Crippen LogP contribution in [0.15, 0.2) is 34.3 Å². The second-order valence-electron chi connectivity index (χ2n) is 5.22. The highest BCUT2D eigenvalue weighted by atomic mass is 35.5. The molecule has 104 valence electrons. The first kappa shape index (κ1) is 16.1. The summed E-state index contributed by atoms with van der Waals surface area (Å²) in [7, 11) is 0. The minimum Gasteiger partial charge on any atom is -0.272 e. The molecular formula is C14H19ClN2OS. The second-order valence-corrected chi connectivity index (χ2v) is 6.71. The maximum atomic E-state index is 11.6. The van der Waals surface area contributed by atoms with Crippen molar-refractivity contribution in [3.8, 4) is 0 Å². The lowest BCUT2D eigenvalue weighted by atomic mass is 9.91. The molecule has 0 aliphatic heterocycles. The van der Waals surface area contributed by atoms with Crippen molar-refractivity contribution in [3.05, 3.63) is 29.3 Å². The molecule has 1 rings (SSSR count). The molecule has 1 N–H and O–H groups in total. The first-order valence-corrected chi connectivity index (χ1v) is 7.37. The summed E-state index contributed by atoms with van der Waals surface area (Å²) in [6.45, 7) is 8.08. The molecule has 0 saturated heterocycles. The average Bonchev–Trinajstić information content (AvgIpc) is 2.34. The Hall–Kier alpha value is -1.00. The van der Waals surface area contributed by atoms with Crippen LogP contribution in [-0.2, 0) is 4.79 Å². The van der Waals surface area contributed by atoms with Gasteiger partial charge in [0.2, 0.25) is 5.91 Å². The number of rotatable bonds is 4. The molecule has 0 radical (unpaired) electrons. The molecule has 0 saturated carbocycles. The third-order valence-corrected chi connectivity index (χ3v) is 3.88. The lowest BCUT2D eigenvalue weighted by Gasteiger charge is -2.17. The number of carbonyl (C=O) groups is 1. The van der Waals surface area contributed by atoms with Crippen molar-refractivity contribution < 1.29 is 4.79 Å². The molecule has 0 aromatic heterocycles. The molecule has 5 heteroatoms. The van der Waals surface area contributed by atoms with E-state index in [-0.39, 0.29) is 11.3 Å². The van der Waals surface area contributed by atoms with Gasteiger partial charge < -0.3 is 0 Å². The van der Waals surface area contributed by atoms with Crippen LogP contribution in [0.2, 0.25) is 5.02 Å². The van der Waals surface area contributed by atoms with Gasteiger partial charge in [-0.25, -0.2) is 5.43 Å². The first-order chi connectivity index (χ1) is 8.79. The van der Waals surface area contributed by atoms with Gasteiger partial charge in [0.25, 0.3) is 0 Å². The van der Waals surface area contributed by atoms with Crippen molar-refractivity contribution in [2.24, 2.45) is 10.5 Å². The highest BCUT2D eigenvalue weighted by molar-refractivity contribution is 8.00. The zero-order valence-corrected chi connectivity index (χ0v) is 13.2. The summed E-state index contributed by atoms with van der Waals surface area (Å²) in [6, 6.07) is 7.40. The minimum atomic E-state index is -0.108. The van der Waals surface area contributed by atoms with Crippen molar-refractivity contribution in [3.63, 3.8) is 0 Å². The Labute approximate surface area is 123 Å². The molecule has 3 nitrogen and oxygen atoms in total. The molecule has 19 heavy (non-hydrogen) atoms. The summed E-state index contributed by atoms with van der Waals surface area (Å²) < 4.78 is 0. The van der Waals surface area contributed by atoms with Crippen LogP contribution in [0.1, 0.15) is 27.7 Å². The SMILES string of the molecule is C/C(=N/NC(=O)CSc1ccc(Cl)cc1)C(C)(C)C. The van der Waals surface area contributed by atoms with Gasteiger partial charge in [-0.05, 0) is 31.2 Å². The largest absolute Gasteiger partial charge is 0.272 e. The number of nitrogens with one attached hydrogen (secondary N) is 1. The van der Waals surface area contributed by atoms with Gasteiger partial charge in [0.15, 0.2) is 0 Å². The Morgan fingerprint density at radius 1 is 1.32 bits per heavy atom. The van der Waals surface area contributed by atoms with Gasteiger partial charge in [-0.15, -0.1) is 11.8 Å². The average molecular weight is 299 g/mol. The Morgan fingerprint density at radius 2 is 1.89 bits per heavy atom. The van der Waals surface area contributed by atoms with Crippen LogP contribution in [0.5, 0.6) is 0 Å². The number of hydrogen-bond acceptors (Lipinski definition) is 3. The van der Waals surface area contributed by atoms with Gasteiger partial charge in [-0.1, -0.05) is 32.4 Å². The van der Waals surface area contributed by atoms with Gasteiger partial charge in [0.05, 0.1) is 5.75 Å². The van der Waals surface area contributed by atoms with Crippen LogP contribution in [0.3, 0.4) is 0 Å². The van der Waals surface area contributed by atoms with Crippen molar-refractivity contribution in [2.75, 3.05) is 5.75 Å². The fourth-order valence-corrected chi connectivity index (χ4v) is 1.84. The van der Waals surface area contributed by atoms with Crippen molar-refractivity contribution in [1.82, 2.24) is 5.43 Å². The summed E-state index contributed by atoms with van der Waals surface area (Å²) >= 11 is 7.25. The van der Waals surface area contributed by atoms with E-state index in [1.54, 1.807) is 0 Å². The molecule has 0 fully saturated rings. The quantitative estimate of drug-likeness (QED) is 0.519. The zero-order valence-electron chi connectivity index (χ0n) is 11.7. The fourth-order valence-electron chi connectivity index (χ4n) is 1.03. The lowest BCUT2D eigenvalue weighted by molar-refractivity contribution is -0.118. The molecule has 0 atom stereocenters. The standard InChI is InChI=1S/C14H19ClN2OS/c1-10(14(2,3)4)16-17-13(18)9-19-12-7-5-11(15)6-8-12/h5-8H,9H2,1-4H3,(H,17,18)/b16-10-.